The average Bonchev–Trinajstić information content (AvgIpc) is 2.68. The highest BCUT2D eigenvalue weighted by Gasteiger charge is 2.17. The minimum absolute atomic E-state index is 0.305. The molecule has 150 valence electrons. The molecule has 0 fully saturated rings. The van der Waals surface area contributed by atoms with Crippen molar-refractivity contribution < 1.29 is 9.53 Å². The van der Waals surface area contributed by atoms with Gasteiger partial charge in [0.05, 0.1) is 12.8 Å². The van der Waals surface area contributed by atoms with Gasteiger partial charge in [0.2, 0.25) is 5.95 Å². The summed E-state index contributed by atoms with van der Waals surface area (Å²) in [6.45, 7) is 8.58. The van der Waals surface area contributed by atoms with Crippen LogP contribution >= 0.6 is 0 Å². The molecule has 0 unspecified atom stereocenters. The van der Waals surface area contributed by atoms with Crippen molar-refractivity contribution in [3.05, 3.63) is 71.0 Å². The Bertz CT molecular complexity index is 1030. The van der Waals surface area contributed by atoms with Gasteiger partial charge in [-0.15, -0.1) is 0 Å². The van der Waals surface area contributed by atoms with Gasteiger partial charge in [0, 0.05) is 17.9 Å². The smallest absolute Gasteiger partial charge is 0.274 e. The predicted octanol–water partition coefficient (Wildman–Crippen LogP) is 4.82. The number of hydrogen-bond donors (Lipinski definition) is 1. The first-order chi connectivity index (χ1) is 13.9. The molecule has 2 aromatic carbocycles. The summed E-state index contributed by atoms with van der Waals surface area (Å²) in [7, 11) is 1.58. The van der Waals surface area contributed by atoms with Crippen molar-refractivity contribution in [1.82, 2.24) is 9.97 Å². The van der Waals surface area contributed by atoms with Gasteiger partial charge in [-0.3, -0.25) is 4.79 Å². The standard InChI is InChI=1S/C23H26N4O2/c1-6-27(18-9-7-8-15(2)12-18)23-24-17(4)14-20(26-23)22(28)25-19-13-16(3)10-11-21(19)29-5/h7-14H,6H2,1-5H3,(H,25,28). The molecule has 0 spiro atoms. The van der Waals surface area contributed by atoms with Crippen LogP contribution in [0, 0.1) is 20.8 Å². The zero-order valence-corrected chi connectivity index (χ0v) is 17.5. The second-order valence-electron chi connectivity index (χ2n) is 6.94. The number of hydrogen-bond acceptors (Lipinski definition) is 5. The molecule has 1 aromatic heterocycles. The maximum atomic E-state index is 12.9. The van der Waals surface area contributed by atoms with E-state index in [1.807, 2.05) is 69.0 Å². The lowest BCUT2D eigenvalue weighted by Gasteiger charge is -2.22. The van der Waals surface area contributed by atoms with Gasteiger partial charge in [0.1, 0.15) is 11.4 Å². The Morgan fingerprint density at radius 3 is 2.48 bits per heavy atom. The van der Waals surface area contributed by atoms with Gasteiger partial charge in [0.15, 0.2) is 0 Å². The number of carbonyl (C=O) groups is 1. The van der Waals surface area contributed by atoms with Crippen LogP contribution in [0.1, 0.15) is 34.2 Å². The lowest BCUT2D eigenvalue weighted by Crippen LogP contribution is -2.22. The number of aromatic nitrogens is 2. The van der Waals surface area contributed by atoms with E-state index >= 15 is 0 Å². The maximum Gasteiger partial charge on any atom is 0.274 e. The largest absolute Gasteiger partial charge is 0.495 e. The fraction of sp³-hybridized carbons (Fsp3) is 0.261. The summed E-state index contributed by atoms with van der Waals surface area (Å²) >= 11 is 0. The van der Waals surface area contributed by atoms with E-state index in [1.54, 1.807) is 13.2 Å². The van der Waals surface area contributed by atoms with E-state index in [9.17, 15) is 4.79 Å². The molecule has 0 aliphatic heterocycles. The normalized spacial score (nSPS) is 10.5. The van der Waals surface area contributed by atoms with Crippen molar-refractivity contribution in [1.29, 1.82) is 0 Å². The van der Waals surface area contributed by atoms with E-state index in [2.05, 4.69) is 21.4 Å². The molecular weight excluding hydrogens is 364 g/mol. The minimum atomic E-state index is -0.305. The first kappa shape index (κ1) is 20.3. The van der Waals surface area contributed by atoms with Gasteiger partial charge < -0.3 is 15.0 Å². The van der Waals surface area contributed by atoms with E-state index in [0.717, 1.165) is 22.5 Å². The summed E-state index contributed by atoms with van der Waals surface area (Å²) in [5.41, 5.74) is 4.81. The van der Waals surface area contributed by atoms with E-state index in [-0.39, 0.29) is 5.91 Å². The summed E-state index contributed by atoms with van der Waals surface area (Å²) < 4.78 is 5.35. The van der Waals surface area contributed by atoms with Crippen LogP contribution in [0.3, 0.4) is 0 Å². The molecule has 0 aliphatic rings. The number of ether oxygens (including phenoxy) is 1. The van der Waals surface area contributed by atoms with E-state index in [4.69, 9.17) is 4.74 Å². The number of carbonyl (C=O) groups excluding carboxylic acids is 1. The van der Waals surface area contributed by atoms with Crippen LogP contribution in [0.25, 0.3) is 0 Å². The van der Waals surface area contributed by atoms with Crippen molar-refractivity contribution >= 4 is 23.2 Å². The molecule has 1 amide bonds. The fourth-order valence-corrected chi connectivity index (χ4v) is 3.13. The Kier molecular flexibility index (Phi) is 6.12. The van der Waals surface area contributed by atoms with Gasteiger partial charge in [-0.25, -0.2) is 9.97 Å². The Labute approximate surface area is 171 Å². The van der Waals surface area contributed by atoms with Crippen molar-refractivity contribution in [3.8, 4) is 5.75 Å². The molecule has 29 heavy (non-hydrogen) atoms. The molecule has 0 saturated heterocycles. The molecule has 3 aromatic rings. The molecule has 6 heteroatoms. The monoisotopic (exact) mass is 390 g/mol. The van der Waals surface area contributed by atoms with Gasteiger partial charge in [0.25, 0.3) is 5.91 Å². The number of methoxy groups -OCH3 is 1. The first-order valence-electron chi connectivity index (χ1n) is 9.57. The molecule has 0 saturated carbocycles. The van der Waals surface area contributed by atoms with Crippen LogP contribution in [0.4, 0.5) is 17.3 Å². The SMILES string of the molecule is CCN(c1cccc(C)c1)c1nc(C)cc(C(=O)Nc2cc(C)ccc2OC)n1. The zero-order chi connectivity index (χ0) is 21.0. The van der Waals surface area contributed by atoms with Crippen LogP contribution in [0.15, 0.2) is 48.5 Å². The number of nitrogens with zero attached hydrogens (tertiary/aromatic N) is 3. The zero-order valence-electron chi connectivity index (χ0n) is 17.5. The number of nitrogens with one attached hydrogen (secondary N) is 1. The van der Waals surface area contributed by atoms with Crippen LogP contribution < -0.4 is 15.0 Å². The molecule has 3 rings (SSSR count). The molecule has 0 atom stereocenters. The third kappa shape index (κ3) is 4.71. The third-order valence-electron chi connectivity index (χ3n) is 4.55. The number of amides is 1. The average molecular weight is 390 g/mol. The Morgan fingerprint density at radius 2 is 1.79 bits per heavy atom. The van der Waals surface area contributed by atoms with Crippen molar-refractivity contribution in [3.63, 3.8) is 0 Å². The Hall–Kier alpha value is -3.41. The lowest BCUT2D eigenvalue weighted by atomic mass is 10.2. The summed E-state index contributed by atoms with van der Waals surface area (Å²) in [5, 5.41) is 2.91. The highest BCUT2D eigenvalue weighted by atomic mass is 16.5. The molecule has 0 bridgehead atoms. The summed E-state index contributed by atoms with van der Waals surface area (Å²) in [4.78, 5) is 24.0. The lowest BCUT2D eigenvalue weighted by molar-refractivity contribution is 0.102. The van der Waals surface area contributed by atoms with Gasteiger partial charge in [-0.1, -0.05) is 18.2 Å². The van der Waals surface area contributed by atoms with E-state index < -0.39 is 0 Å². The summed E-state index contributed by atoms with van der Waals surface area (Å²) in [5.74, 6) is 0.797. The van der Waals surface area contributed by atoms with Crippen molar-refractivity contribution in [2.24, 2.45) is 0 Å². The minimum Gasteiger partial charge on any atom is -0.495 e. The topological polar surface area (TPSA) is 67.4 Å². The second kappa shape index (κ2) is 8.73. The van der Waals surface area contributed by atoms with E-state index in [0.29, 0.717) is 29.6 Å². The molecule has 1 N–H and O–H groups in total. The highest BCUT2D eigenvalue weighted by Crippen LogP contribution is 2.27. The number of aryl methyl sites for hydroxylation is 3. The quantitative estimate of drug-likeness (QED) is 0.653. The maximum absolute atomic E-state index is 12.9. The Morgan fingerprint density at radius 1 is 1.03 bits per heavy atom. The molecular formula is C23H26N4O2. The van der Waals surface area contributed by atoms with Crippen LogP contribution in [-0.4, -0.2) is 29.5 Å². The van der Waals surface area contributed by atoms with Gasteiger partial charge in [-0.05, 0) is 69.2 Å². The third-order valence-corrected chi connectivity index (χ3v) is 4.55. The van der Waals surface area contributed by atoms with Gasteiger partial charge in [-0.2, -0.15) is 0 Å². The Balaban J connectivity index is 1.94. The highest BCUT2D eigenvalue weighted by molar-refractivity contribution is 6.04. The van der Waals surface area contributed by atoms with E-state index in [1.165, 1.54) is 0 Å². The van der Waals surface area contributed by atoms with Crippen LogP contribution in [0.5, 0.6) is 5.75 Å². The number of benzene rings is 2. The van der Waals surface area contributed by atoms with Crippen LogP contribution in [0.2, 0.25) is 0 Å². The second-order valence-corrected chi connectivity index (χ2v) is 6.94. The number of anilines is 3. The fourth-order valence-electron chi connectivity index (χ4n) is 3.13. The van der Waals surface area contributed by atoms with Crippen LogP contribution in [-0.2, 0) is 0 Å². The predicted molar refractivity (Wildman–Crippen MR) is 116 cm³/mol. The number of rotatable bonds is 6. The first-order valence-corrected chi connectivity index (χ1v) is 9.57. The summed E-state index contributed by atoms with van der Waals surface area (Å²) in [6.07, 6.45) is 0. The molecule has 6 nitrogen and oxygen atoms in total. The molecule has 0 radical (unpaired) electrons. The van der Waals surface area contributed by atoms with Gasteiger partial charge >= 0.3 is 0 Å². The molecule has 0 aliphatic carbocycles. The molecule has 1 heterocycles. The van der Waals surface area contributed by atoms with Crippen molar-refractivity contribution in [2.75, 3.05) is 23.9 Å². The summed E-state index contributed by atoms with van der Waals surface area (Å²) in [6, 6.07) is 15.5. The van der Waals surface area contributed by atoms with Crippen molar-refractivity contribution in [2.45, 2.75) is 27.7 Å².